The van der Waals surface area contributed by atoms with Crippen molar-refractivity contribution < 1.29 is 9.84 Å². The van der Waals surface area contributed by atoms with E-state index in [4.69, 9.17) is 4.74 Å². The SMILES string of the molecule is CCOc1ccc(Br)cc1O. The monoisotopic (exact) mass is 216 g/mol. The molecule has 1 aromatic rings. The van der Waals surface area contributed by atoms with Crippen molar-refractivity contribution in [2.45, 2.75) is 6.92 Å². The first-order chi connectivity index (χ1) is 5.24. The minimum Gasteiger partial charge on any atom is -0.504 e. The summed E-state index contributed by atoms with van der Waals surface area (Å²) in [7, 11) is 0. The van der Waals surface area contributed by atoms with Crippen molar-refractivity contribution in [2.24, 2.45) is 0 Å². The van der Waals surface area contributed by atoms with Crippen molar-refractivity contribution in [1.82, 2.24) is 0 Å². The largest absolute Gasteiger partial charge is 0.504 e. The lowest BCUT2D eigenvalue weighted by atomic mass is 10.3. The molecular weight excluding hydrogens is 208 g/mol. The number of hydrogen-bond acceptors (Lipinski definition) is 2. The van der Waals surface area contributed by atoms with Crippen LogP contribution < -0.4 is 4.74 Å². The van der Waals surface area contributed by atoms with E-state index in [-0.39, 0.29) is 5.75 Å². The molecule has 2 nitrogen and oxygen atoms in total. The third-order valence-electron chi connectivity index (χ3n) is 1.22. The van der Waals surface area contributed by atoms with Gasteiger partial charge in [-0.2, -0.15) is 0 Å². The molecule has 0 bridgehead atoms. The number of phenols is 1. The Morgan fingerprint density at radius 2 is 2.27 bits per heavy atom. The zero-order valence-corrected chi connectivity index (χ0v) is 7.76. The molecule has 11 heavy (non-hydrogen) atoms. The lowest BCUT2D eigenvalue weighted by Crippen LogP contribution is -1.90. The highest BCUT2D eigenvalue weighted by molar-refractivity contribution is 9.10. The molecule has 1 rings (SSSR count). The molecule has 3 heteroatoms. The fraction of sp³-hybridized carbons (Fsp3) is 0.250. The number of aromatic hydroxyl groups is 1. The zero-order chi connectivity index (χ0) is 8.27. The van der Waals surface area contributed by atoms with E-state index in [2.05, 4.69) is 15.9 Å². The summed E-state index contributed by atoms with van der Waals surface area (Å²) in [5.74, 6) is 0.692. The van der Waals surface area contributed by atoms with Crippen LogP contribution in [0.15, 0.2) is 22.7 Å². The van der Waals surface area contributed by atoms with E-state index in [0.29, 0.717) is 12.4 Å². The molecular formula is C8H9BrO2. The predicted octanol–water partition coefficient (Wildman–Crippen LogP) is 2.55. The highest BCUT2D eigenvalue weighted by atomic mass is 79.9. The predicted molar refractivity (Wildman–Crippen MR) is 47.0 cm³/mol. The van der Waals surface area contributed by atoms with Crippen molar-refractivity contribution in [3.05, 3.63) is 22.7 Å². The first-order valence-electron chi connectivity index (χ1n) is 3.35. The van der Waals surface area contributed by atoms with Gasteiger partial charge in [0.05, 0.1) is 6.61 Å². The Kier molecular flexibility index (Phi) is 2.76. The summed E-state index contributed by atoms with van der Waals surface area (Å²) in [4.78, 5) is 0. The lowest BCUT2D eigenvalue weighted by Gasteiger charge is -2.04. The summed E-state index contributed by atoms with van der Waals surface area (Å²) < 4.78 is 5.97. The second kappa shape index (κ2) is 3.62. The van der Waals surface area contributed by atoms with Crippen LogP contribution >= 0.6 is 15.9 Å². The minimum absolute atomic E-state index is 0.168. The summed E-state index contributed by atoms with van der Waals surface area (Å²) in [5, 5.41) is 9.27. The Morgan fingerprint density at radius 1 is 1.55 bits per heavy atom. The van der Waals surface area contributed by atoms with Gasteiger partial charge < -0.3 is 9.84 Å². The van der Waals surface area contributed by atoms with Crippen LogP contribution in [0, 0.1) is 0 Å². The fourth-order valence-electron chi connectivity index (χ4n) is 0.768. The third-order valence-corrected chi connectivity index (χ3v) is 1.71. The fourth-order valence-corrected chi connectivity index (χ4v) is 1.12. The maximum absolute atomic E-state index is 9.27. The number of benzene rings is 1. The molecule has 0 saturated heterocycles. The van der Waals surface area contributed by atoms with Gasteiger partial charge in [0.25, 0.3) is 0 Å². The molecule has 1 aromatic carbocycles. The van der Waals surface area contributed by atoms with Gasteiger partial charge in [-0.15, -0.1) is 0 Å². The molecule has 0 radical (unpaired) electrons. The zero-order valence-electron chi connectivity index (χ0n) is 6.17. The second-order valence-electron chi connectivity index (χ2n) is 2.05. The first-order valence-corrected chi connectivity index (χ1v) is 4.14. The molecule has 0 aliphatic carbocycles. The van der Waals surface area contributed by atoms with E-state index in [1.807, 2.05) is 13.0 Å². The van der Waals surface area contributed by atoms with Crippen LogP contribution in [0.4, 0.5) is 0 Å². The van der Waals surface area contributed by atoms with E-state index in [0.717, 1.165) is 4.47 Å². The molecule has 0 unspecified atom stereocenters. The van der Waals surface area contributed by atoms with Gasteiger partial charge in [0.2, 0.25) is 0 Å². The number of ether oxygens (including phenoxy) is 1. The molecule has 0 atom stereocenters. The van der Waals surface area contributed by atoms with Crippen molar-refractivity contribution >= 4 is 15.9 Å². The average Bonchev–Trinajstić information content (AvgIpc) is 1.95. The van der Waals surface area contributed by atoms with Crippen LogP contribution in [-0.4, -0.2) is 11.7 Å². The second-order valence-corrected chi connectivity index (χ2v) is 2.96. The summed E-state index contributed by atoms with van der Waals surface area (Å²) in [6.45, 7) is 2.44. The Balaban J connectivity index is 2.90. The Morgan fingerprint density at radius 3 is 2.82 bits per heavy atom. The first kappa shape index (κ1) is 8.40. The smallest absolute Gasteiger partial charge is 0.160 e. The van der Waals surface area contributed by atoms with Crippen molar-refractivity contribution in [3.8, 4) is 11.5 Å². The van der Waals surface area contributed by atoms with Crippen molar-refractivity contribution in [2.75, 3.05) is 6.61 Å². The van der Waals surface area contributed by atoms with Crippen LogP contribution in [-0.2, 0) is 0 Å². The summed E-state index contributed by atoms with van der Waals surface area (Å²) in [6.07, 6.45) is 0. The van der Waals surface area contributed by atoms with Crippen LogP contribution in [0.2, 0.25) is 0 Å². The Bertz CT molecular complexity index is 248. The number of hydrogen-bond donors (Lipinski definition) is 1. The molecule has 0 aromatic heterocycles. The highest BCUT2D eigenvalue weighted by Gasteiger charge is 2.00. The minimum atomic E-state index is 0.168. The van der Waals surface area contributed by atoms with E-state index in [9.17, 15) is 5.11 Å². The van der Waals surface area contributed by atoms with Crippen molar-refractivity contribution in [3.63, 3.8) is 0 Å². The number of phenolic OH excluding ortho intramolecular Hbond substituents is 1. The van der Waals surface area contributed by atoms with Crippen LogP contribution in [0.25, 0.3) is 0 Å². The summed E-state index contributed by atoms with van der Waals surface area (Å²) in [5.41, 5.74) is 0. The number of rotatable bonds is 2. The van der Waals surface area contributed by atoms with E-state index < -0.39 is 0 Å². The maximum atomic E-state index is 9.27. The molecule has 0 saturated carbocycles. The summed E-state index contributed by atoms with van der Waals surface area (Å²) >= 11 is 3.23. The Hall–Kier alpha value is -0.700. The van der Waals surface area contributed by atoms with E-state index in [1.54, 1.807) is 12.1 Å². The van der Waals surface area contributed by atoms with Crippen LogP contribution in [0.5, 0.6) is 11.5 Å². The van der Waals surface area contributed by atoms with E-state index >= 15 is 0 Å². The van der Waals surface area contributed by atoms with Gasteiger partial charge >= 0.3 is 0 Å². The molecule has 0 spiro atoms. The van der Waals surface area contributed by atoms with Crippen LogP contribution in [0.3, 0.4) is 0 Å². The number of halogens is 1. The van der Waals surface area contributed by atoms with Gasteiger partial charge in [0.1, 0.15) is 0 Å². The summed E-state index contributed by atoms with van der Waals surface area (Å²) in [6, 6.07) is 5.15. The molecule has 0 aliphatic rings. The molecule has 0 heterocycles. The van der Waals surface area contributed by atoms with Crippen LogP contribution in [0.1, 0.15) is 6.92 Å². The molecule has 0 amide bonds. The standard InChI is InChI=1S/C8H9BrO2/c1-2-11-8-4-3-6(9)5-7(8)10/h3-5,10H,2H2,1H3. The van der Waals surface area contributed by atoms with Gasteiger partial charge in [-0.25, -0.2) is 0 Å². The normalized spacial score (nSPS) is 9.64. The molecule has 1 N–H and O–H groups in total. The molecule has 60 valence electrons. The third kappa shape index (κ3) is 2.12. The van der Waals surface area contributed by atoms with Gasteiger partial charge in [-0.3, -0.25) is 0 Å². The van der Waals surface area contributed by atoms with Gasteiger partial charge in [0, 0.05) is 4.47 Å². The van der Waals surface area contributed by atoms with Gasteiger partial charge in [0.15, 0.2) is 11.5 Å². The van der Waals surface area contributed by atoms with Gasteiger partial charge in [-0.1, -0.05) is 15.9 Å². The molecule has 0 fully saturated rings. The topological polar surface area (TPSA) is 29.5 Å². The average molecular weight is 217 g/mol. The Labute approximate surface area is 73.9 Å². The molecule has 0 aliphatic heterocycles. The van der Waals surface area contributed by atoms with E-state index in [1.165, 1.54) is 0 Å². The van der Waals surface area contributed by atoms with Gasteiger partial charge in [-0.05, 0) is 25.1 Å². The highest BCUT2D eigenvalue weighted by Crippen LogP contribution is 2.28. The van der Waals surface area contributed by atoms with Crippen molar-refractivity contribution in [1.29, 1.82) is 0 Å². The maximum Gasteiger partial charge on any atom is 0.160 e. The quantitative estimate of drug-likeness (QED) is 0.824. The lowest BCUT2D eigenvalue weighted by molar-refractivity contribution is 0.318.